The molecule has 2 aromatic heterocycles. The summed E-state index contributed by atoms with van der Waals surface area (Å²) in [7, 11) is 0. The van der Waals surface area contributed by atoms with Crippen LogP contribution >= 0.6 is 23.2 Å². The van der Waals surface area contributed by atoms with Crippen molar-refractivity contribution in [2.45, 2.75) is 72.0 Å². The Bertz CT molecular complexity index is 1680. The van der Waals surface area contributed by atoms with E-state index >= 15 is 0 Å². The minimum atomic E-state index is -1.52. The number of nitriles is 1. The van der Waals surface area contributed by atoms with E-state index in [2.05, 4.69) is 78.4 Å². The zero-order valence-corrected chi connectivity index (χ0v) is 27.2. The maximum atomic E-state index is 9.88. The van der Waals surface area contributed by atoms with Crippen LogP contribution < -0.4 is 10.6 Å². The van der Waals surface area contributed by atoms with E-state index in [1.807, 2.05) is 29.1 Å². The van der Waals surface area contributed by atoms with E-state index in [0.29, 0.717) is 55.7 Å². The highest BCUT2D eigenvalue weighted by Crippen LogP contribution is 2.36. The second-order valence-corrected chi connectivity index (χ2v) is 14.3. The zero-order chi connectivity index (χ0) is 31.9. The molecule has 2 N–H and O–H groups in total. The van der Waals surface area contributed by atoms with Gasteiger partial charge in [0.05, 0.1) is 41.4 Å². The molecule has 0 radical (unpaired) electrons. The summed E-state index contributed by atoms with van der Waals surface area (Å²) in [5, 5.41) is 27.4. The van der Waals surface area contributed by atoms with E-state index in [1.165, 1.54) is 0 Å². The number of fused-ring (bicyclic) bond motifs is 1. The van der Waals surface area contributed by atoms with Crippen molar-refractivity contribution >= 4 is 45.5 Å². The number of halogens is 2. The summed E-state index contributed by atoms with van der Waals surface area (Å²) in [5.74, 6) is 0. The number of nitrogens with zero attached hydrogens (tertiary/aromatic N) is 6. The quantitative estimate of drug-likeness (QED) is 0.216. The molecule has 2 aromatic carbocycles. The first kappa shape index (κ1) is 29.7. The molecule has 1 unspecified atom stereocenters. The Morgan fingerprint density at radius 2 is 1.79 bits per heavy atom. The predicted octanol–water partition coefficient (Wildman–Crippen LogP) is 8.10. The third-order valence-corrected chi connectivity index (χ3v) is 8.34. The van der Waals surface area contributed by atoms with Crippen molar-refractivity contribution in [2.24, 2.45) is 5.41 Å². The van der Waals surface area contributed by atoms with Gasteiger partial charge in [0.15, 0.2) is 0 Å². The van der Waals surface area contributed by atoms with Crippen LogP contribution in [0, 0.1) is 16.7 Å². The van der Waals surface area contributed by atoms with Crippen molar-refractivity contribution in [2.75, 3.05) is 30.3 Å². The summed E-state index contributed by atoms with van der Waals surface area (Å²) >= 11 is 13.0. The van der Waals surface area contributed by atoms with Crippen LogP contribution in [0.25, 0.3) is 10.9 Å². The van der Waals surface area contributed by atoms with Crippen molar-refractivity contribution in [1.29, 1.82) is 5.26 Å². The topological polar surface area (TPSA) is 94.7 Å². The molecule has 1 atom stereocenters. The van der Waals surface area contributed by atoms with Gasteiger partial charge < -0.3 is 10.6 Å². The molecule has 8 nitrogen and oxygen atoms in total. The van der Waals surface area contributed by atoms with E-state index in [4.69, 9.17) is 23.2 Å². The Labute approximate surface area is 265 Å². The smallest absolute Gasteiger partial charge is 0.109 e. The van der Waals surface area contributed by atoms with E-state index < -0.39 is 6.02 Å². The first-order valence-electron chi connectivity index (χ1n) is 15.2. The third kappa shape index (κ3) is 7.23. The first-order chi connectivity index (χ1) is 20.7. The number of piperidine rings is 1. The Balaban J connectivity index is 1.54. The van der Waals surface area contributed by atoms with Gasteiger partial charge in [-0.3, -0.25) is 9.88 Å². The molecular formula is C33H40Cl2N8. The minimum Gasteiger partial charge on any atom is -0.383 e. The standard InChI is InChI=1S/C33H40Cl2N8/c1-32(2,3)20-38-29-22(17-36)18-37-31-26(29)15-24(16-27(31)35)39-30(21-7-9-23(34)10-8-21)28-19-43(41-40-28)25-11-13-42(14-12-25)33(4,5)6/h7-10,15-16,18-19,25,30,39H,11-14,20H2,1-6H3,(H,37,38)/i30D. The molecule has 0 spiro atoms. The highest BCUT2D eigenvalue weighted by molar-refractivity contribution is 6.36. The number of hydrogen-bond donors (Lipinski definition) is 2. The molecular weight excluding hydrogens is 579 g/mol. The van der Waals surface area contributed by atoms with E-state index in [1.54, 1.807) is 24.4 Å². The summed E-state index contributed by atoms with van der Waals surface area (Å²) in [5.41, 5.74) is 3.42. The molecule has 4 aromatic rings. The minimum absolute atomic E-state index is 0.0257. The Hall–Kier alpha value is -3.38. The highest BCUT2D eigenvalue weighted by atomic mass is 35.5. The van der Waals surface area contributed by atoms with Gasteiger partial charge >= 0.3 is 0 Å². The number of aromatic nitrogens is 4. The fourth-order valence-corrected chi connectivity index (χ4v) is 5.77. The summed E-state index contributed by atoms with van der Waals surface area (Å²) in [6.45, 7) is 15.7. The number of benzene rings is 2. The number of hydrogen-bond acceptors (Lipinski definition) is 7. The fourth-order valence-electron chi connectivity index (χ4n) is 5.38. The van der Waals surface area contributed by atoms with Crippen LogP contribution in [0.5, 0.6) is 0 Å². The van der Waals surface area contributed by atoms with Gasteiger partial charge in [0, 0.05) is 47.5 Å². The molecule has 1 aliphatic rings. The maximum Gasteiger partial charge on any atom is 0.109 e. The highest BCUT2D eigenvalue weighted by Gasteiger charge is 2.29. The van der Waals surface area contributed by atoms with Crippen LogP contribution in [-0.4, -0.2) is 50.1 Å². The molecule has 226 valence electrons. The monoisotopic (exact) mass is 619 g/mol. The number of rotatable bonds is 7. The summed E-state index contributed by atoms with van der Waals surface area (Å²) < 4.78 is 11.7. The van der Waals surface area contributed by atoms with Crippen molar-refractivity contribution in [1.82, 2.24) is 24.9 Å². The van der Waals surface area contributed by atoms with E-state index in [9.17, 15) is 6.63 Å². The second kappa shape index (κ2) is 12.3. The van der Waals surface area contributed by atoms with Crippen LogP contribution in [0.3, 0.4) is 0 Å². The first-order valence-corrected chi connectivity index (χ1v) is 15.4. The van der Waals surface area contributed by atoms with Crippen molar-refractivity contribution in [3.8, 4) is 6.07 Å². The number of nitrogens with one attached hydrogen (secondary N) is 2. The number of anilines is 2. The Morgan fingerprint density at radius 3 is 2.42 bits per heavy atom. The van der Waals surface area contributed by atoms with Gasteiger partial charge in [0.2, 0.25) is 0 Å². The van der Waals surface area contributed by atoms with Crippen molar-refractivity contribution in [3.05, 3.63) is 75.7 Å². The molecule has 1 saturated heterocycles. The SMILES string of the molecule is [2H]C(Nc1cc(Cl)c2ncc(C#N)c(NCC(C)(C)C)c2c1)(c1ccc(Cl)cc1)c1cn(C2CCN(C(C)(C)C)CC2)nn1. The van der Waals surface area contributed by atoms with Gasteiger partial charge in [0.25, 0.3) is 0 Å². The van der Waals surface area contributed by atoms with Gasteiger partial charge in [-0.05, 0) is 68.9 Å². The largest absolute Gasteiger partial charge is 0.383 e. The van der Waals surface area contributed by atoms with Gasteiger partial charge in [-0.2, -0.15) is 5.26 Å². The van der Waals surface area contributed by atoms with Crippen molar-refractivity contribution < 1.29 is 1.37 Å². The lowest BCUT2D eigenvalue weighted by Crippen LogP contribution is -2.46. The Kier molecular flexibility index (Phi) is 8.50. The Morgan fingerprint density at radius 1 is 1.09 bits per heavy atom. The van der Waals surface area contributed by atoms with E-state index in [-0.39, 0.29) is 17.0 Å². The lowest BCUT2D eigenvalue weighted by atomic mass is 9.96. The average molecular weight is 621 g/mol. The van der Waals surface area contributed by atoms with Gasteiger partial charge in [-0.15, -0.1) is 5.10 Å². The van der Waals surface area contributed by atoms with E-state index in [0.717, 1.165) is 25.9 Å². The fraction of sp³-hybridized carbons (Fsp3) is 0.455. The molecule has 3 heterocycles. The molecule has 10 heteroatoms. The van der Waals surface area contributed by atoms with Crippen LogP contribution in [0.2, 0.25) is 10.0 Å². The van der Waals surface area contributed by atoms with Crippen LogP contribution in [-0.2, 0) is 0 Å². The lowest BCUT2D eigenvalue weighted by Gasteiger charge is -2.40. The number of likely N-dealkylation sites (tertiary alicyclic amines) is 1. The molecule has 5 rings (SSSR count). The summed E-state index contributed by atoms with van der Waals surface area (Å²) in [4.78, 5) is 6.97. The second-order valence-electron chi connectivity index (χ2n) is 13.4. The van der Waals surface area contributed by atoms with Gasteiger partial charge in [-0.1, -0.05) is 61.3 Å². The van der Waals surface area contributed by atoms with Gasteiger partial charge in [0.1, 0.15) is 11.8 Å². The van der Waals surface area contributed by atoms with Crippen LogP contribution in [0.4, 0.5) is 11.4 Å². The molecule has 0 aliphatic carbocycles. The average Bonchev–Trinajstić information content (AvgIpc) is 3.46. The molecule has 1 fully saturated rings. The van der Waals surface area contributed by atoms with Crippen LogP contribution in [0.1, 0.15) is 84.6 Å². The van der Waals surface area contributed by atoms with Gasteiger partial charge in [-0.25, -0.2) is 4.68 Å². The number of pyridine rings is 1. The lowest BCUT2D eigenvalue weighted by molar-refractivity contribution is 0.0866. The van der Waals surface area contributed by atoms with Crippen molar-refractivity contribution in [3.63, 3.8) is 0 Å². The summed E-state index contributed by atoms with van der Waals surface area (Å²) in [6, 6.07) is 11.7. The molecule has 0 amide bonds. The molecule has 1 aliphatic heterocycles. The molecule has 0 saturated carbocycles. The maximum absolute atomic E-state index is 9.88. The third-order valence-electron chi connectivity index (χ3n) is 7.80. The predicted molar refractivity (Wildman–Crippen MR) is 176 cm³/mol. The normalized spacial score (nSPS) is 16.9. The van der Waals surface area contributed by atoms with Crippen LogP contribution in [0.15, 0.2) is 48.8 Å². The molecule has 0 bridgehead atoms. The summed E-state index contributed by atoms with van der Waals surface area (Å²) in [6.07, 6.45) is 5.33. The zero-order valence-electron chi connectivity index (χ0n) is 26.7. The molecule has 43 heavy (non-hydrogen) atoms.